The van der Waals surface area contributed by atoms with Gasteiger partial charge in [-0.05, 0) is 43.5 Å². The van der Waals surface area contributed by atoms with Gasteiger partial charge in [-0.1, -0.05) is 43.7 Å². The summed E-state index contributed by atoms with van der Waals surface area (Å²) in [6.07, 6.45) is 0.314. The fourth-order valence-corrected chi connectivity index (χ4v) is 3.64. The van der Waals surface area contributed by atoms with Crippen molar-refractivity contribution in [3.8, 4) is 0 Å². The van der Waals surface area contributed by atoms with E-state index in [2.05, 4.69) is 5.32 Å². The number of hydrogen-bond donors (Lipinski definition) is 1. The summed E-state index contributed by atoms with van der Waals surface area (Å²) in [4.78, 5) is 53.8. The Morgan fingerprint density at radius 3 is 2.03 bits per heavy atom. The van der Waals surface area contributed by atoms with Crippen LogP contribution in [0.1, 0.15) is 46.5 Å². The van der Waals surface area contributed by atoms with Crippen LogP contribution in [0.4, 0.5) is 5.69 Å². The molecule has 7 heteroatoms. The van der Waals surface area contributed by atoms with E-state index >= 15 is 0 Å². The number of rotatable bonds is 7. The lowest BCUT2D eigenvalue weighted by Gasteiger charge is -2.30. The van der Waals surface area contributed by atoms with Gasteiger partial charge in [0.05, 0.1) is 17.7 Å². The van der Waals surface area contributed by atoms with Gasteiger partial charge in [-0.2, -0.15) is 0 Å². The van der Waals surface area contributed by atoms with Gasteiger partial charge in [0.15, 0.2) is 0 Å². The number of amides is 4. The second-order valence-electron chi connectivity index (χ2n) is 8.28. The Hall–Kier alpha value is -3.48. The van der Waals surface area contributed by atoms with E-state index < -0.39 is 23.8 Å². The molecule has 31 heavy (non-hydrogen) atoms. The maximum Gasteiger partial charge on any atom is 0.262 e. The van der Waals surface area contributed by atoms with Crippen molar-refractivity contribution in [1.29, 1.82) is 0 Å². The van der Waals surface area contributed by atoms with Crippen LogP contribution in [-0.4, -0.2) is 53.1 Å². The van der Waals surface area contributed by atoms with Crippen molar-refractivity contribution in [2.24, 2.45) is 5.92 Å². The number of anilines is 1. The zero-order chi connectivity index (χ0) is 22.7. The topological polar surface area (TPSA) is 86.8 Å². The maximum absolute atomic E-state index is 13.2. The molecule has 7 nitrogen and oxygen atoms in total. The molecule has 3 rings (SSSR count). The normalized spacial score (nSPS) is 13.9. The number of fused-ring (bicyclic) bond motifs is 1. The number of likely N-dealkylation sites (N-methyl/N-ethyl adjacent to an activating group) is 1. The number of carbonyl (C=O) groups excluding carboxylic acids is 4. The predicted molar refractivity (Wildman–Crippen MR) is 118 cm³/mol. The van der Waals surface area contributed by atoms with Gasteiger partial charge in [-0.25, -0.2) is 0 Å². The Bertz CT molecular complexity index is 979. The molecule has 1 aliphatic heterocycles. The first-order valence-electron chi connectivity index (χ1n) is 10.3. The van der Waals surface area contributed by atoms with Crippen molar-refractivity contribution in [3.05, 3.63) is 65.2 Å². The van der Waals surface area contributed by atoms with E-state index in [1.807, 2.05) is 32.9 Å². The van der Waals surface area contributed by atoms with E-state index in [4.69, 9.17) is 0 Å². The van der Waals surface area contributed by atoms with Crippen LogP contribution in [0.25, 0.3) is 0 Å². The monoisotopic (exact) mass is 421 g/mol. The van der Waals surface area contributed by atoms with Gasteiger partial charge >= 0.3 is 0 Å². The van der Waals surface area contributed by atoms with Crippen LogP contribution in [0.15, 0.2) is 48.5 Å². The SMILES string of the molecule is Cc1ccc(NC(=O)CN(C)C(=O)[C@H](CC(C)C)N2C(=O)c3ccccc3C2=O)cc1. The third-order valence-corrected chi connectivity index (χ3v) is 5.21. The summed E-state index contributed by atoms with van der Waals surface area (Å²) < 4.78 is 0. The van der Waals surface area contributed by atoms with Gasteiger partial charge in [0.2, 0.25) is 11.8 Å². The van der Waals surface area contributed by atoms with Crippen LogP contribution in [0.3, 0.4) is 0 Å². The van der Waals surface area contributed by atoms with E-state index in [0.717, 1.165) is 10.5 Å². The highest BCUT2D eigenvalue weighted by Gasteiger charge is 2.43. The molecule has 1 heterocycles. The number of carbonyl (C=O) groups is 4. The molecule has 0 saturated heterocycles. The first-order valence-corrected chi connectivity index (χ1v) is 10.3. The van der Waals surface area contributed by atoms with Gasteiger partial charge < -0.3 is 10.2 Å². The minimum Gasteiger partial charge on any atom is -0.335 e. The van der Waals surface area contributed by atoms with Gasteiger partial charge in [0, 0.05) is 12.7 Å². The van der Waals surface area contributed by atoms with Crippen molar-refractivity contribution >= 4 is 29.3 Å². The van der Waals surface area contributed by atoms with Crippen LogP contribution in [0, 0.1) is 12.8 Å². The van der Waals surface area contributed by atoms with Crippen molar-refractivity contribution in [1.82, 2.24) is 9.80 Å². The van der Waals surface area contributed by atoms with Crippen molar-refractivity contribution < 1.29 is 19.2 Å². The molecule has 4 amide bonds. The molecule has 0 aromatic heterocycles. The van der Waals surface area contributed by atoms with Crippen LogP contribution < -0.4 is 5.32 Å². The van der Waals surface area contributed by atoms with Crippen molar-refractivity contribution in [2.75, 3.05) is 18.9 Å². The zero-order valence-corrected chi connectivity index (χ0v) is 18.2. The van der Waals surface area contributed by atoms with Crippen molar-refractivity contribution in [3.63, 3.8) is 0 Å². The molecule has 0 saturated carbocycles. The average Bonchev–Trinajstić information content (AvgIpc) is 2.98. The quantitative estimate of drug-likeness (QED) is 0.696. The van der Waals surface area contributed by atoms with Crippen molar-refractivity contribution in [2.45, 2.75) is 33.2 Å². The maximum atomic E-state index is 13.2. The summed E-state index contributed by atoms with van der Waals surface area (Å²) in [5, 5.41) is 2.76. The smallest absolute Gasteiger partial charge is 0.262 e. The molecule has 0 fully saturated rings. The molecule has 1 N–H and O–H groups in total. The summed E-state index contributed by atoms with van der Waals surface area (Å²) in [5.41, 5.74) is 2.31. The number of aryl methyl sites for hydroxylation is 1. The first kappa shape index (κ1) is 22.2. The number of nitrogens with one attached hydrogen (secondary N) is 1. The Kier molecular flexibility index (Phi) is 6.53. The molecule has 0 spiro atoms. The zero-order valence-electron chi connectivity index (χ0n) is 18.2. The van der Waals surface area contributed by atoms with E-state index in [9.17, 15) is 19.2 Å². The fourth-order valence-electron chi connectivity index (χ4n) is 3.64. The highest BCUT2D eigenvalue weighted by atomic mass is 16.2. The van der Waals surface area contributed by atoms with E-state index in [0.29, 0.717) is 23.2 Å². The van der Waals surface area contributed by atoms with Crippen LogP contribution in [0.2, 0.25) is 0 Å². The lowest BCUT2D eigenvalue weighted by molar-refractivity contribution is -0.137. The minimum atomic E-state index is -0.968. The molecule has 0 aliphatic carbocycles. The number of benzene rings is 2. The molecule has 0 bridgehead atoms. The molecule has 0 unspecified atom stereocenters. The minimum absolute atomic E-state index is 0.0630. The molecule has 0 radical (unpaired) electrons. The van der Waals surface area contributed by atoms with E-state index in [-0.39, 0.29) is 18.4 Å². The van der Waals surface area contributed by atoms with E-state index in [1.54, 1.807) is 36.4 Å². The van der Waals surface area contributed by atoms with Crippen LogP contribution in [-0.2, 0) is 9.59 Å². The highest BCUT2D eigenvalue weighted by molar-refractivity contribution is 6.22. The molecule has 1 aliphatic rings. The fraction of sp³-hybridized carbons (Fsp3) is 0.333. The Morgan fingerprint density at radius 2 is 1.52 bits per heavy atom. The lowest BCUT2D eigenvalue weighted by Crippen LogP contribution is -2.51. The summed E-state index contributed by atoms with van der Waals surface area (Å²) >= 11 is 0. The number of imide groups is 1. The second-order valence-corrected chi connectivity index (χ2v) is 8.28. The standard InChI is InChI=1S/C24H27N3O4/c1-15(2)13-20(27-22(29)18-7-5-6-8-19(18)23(27)30)24(31)26(4)14-21(28)25-17-11-9-16(3)10-12-17/h5-12,15,20H,13-14H2,1-4H3,(H,25,28)/t20-/m0/s1. The number of nitrogens with zero attached hydrogens (tertiary/aromatic N) is 2. The molecule has 1 atom stereocenters. The summed E-state index contributed by atoms with van der Waals surface area (Å²) in [6.45, 7) is 5.60. The molecular formula is C24H27N3O4. The average molecular weight is 421 g/mol. The van der Waals surface area contributed by atoms with Gasteiger partial charge in [0.25, 0.3) is 11.8 Å². The van der Waals surface area contributed by atoms with E-state index in [1.165, 1.54) is 11.9 Å². The van der Waals surface area contributed by atoms with Gasteiger partial charge in [-0.15, -0.1) is 0 Å². The Labute approximate surface area is 182 Å². The molecule has 2 aromatic rings. The summed E-state index contributed by atoms with van der Waals surface area (Å²) in [5.74, 6) is -1.69. The first-order chi connectivity index (χ1) is 14.7. The summed E-state index contributed by atoms with van der Waals surface area (Å²) in [6, 6.07) is 12.9. The summed E-state index contributed by atoms with van der Waals surface area (Å²) in [7, 11) is 1.50. The highest BCUT2D eigenvalue weighted by Crippen LogP contribution is 2.27. The van der Waals surface area contributed by atoms with Crippen LogP contribution >= 0.6 is 0 Å². The Balaban J connectivity index is 1.75. The van der Waals surface area contributed by atoms with Crippen LogP contribution in [0.5, 0.6) is 0 Å². The lowest BCUT2D eigenvalue weighted by atomic mass is 10.0. The third-order valence-electron chi connectivity index (χ3n) is 5.21. The molecule has 162 valence electrons. The molecular weight excluding hydrogens is 394 g/mol. The number of hydrogen-bond acceptors (Lipinski definition) is 4. The van der Waals surface area contributed by atoms with Gasteiger partial charge in [-0.3, -0.25) is 24.1 Å². The predicted octanol–water partition coefficient (Wildman–Crippen LogP) is 3.10. The third kappa shape index (κ3) is 4.82. The Morgan fingerprint density at radius 1 is 0.968 bits per heavy atom. The van der Waals surface area contributed by atoms with Gasteiger partial charge in [0.1, 0.15) is 6.04 Å². The largest absolute Gasteiger partial charge is 0.335 e. The molecule has 2 aromatic carbocycles. The second kappa shape index (κ2) is 9.12.